The van der Waals surface area contributed by atoms with Gasteiger partial charge >= 0.3 is 0 Å². The Hall–Kier alpha value is -1.74. The fraction of sp³-hybridized carbons (Fsp3) is 0.333. The lowest BCUT2D eigenvalue weighted by Gasteiger charge is -2.27. The maximum Gasteiger partial charge on any atom is 0.233 e. The van der Waals surface area contributed by atoms with Crippen LogP contribution in [0.2, 0.25) is 0 Å². The Morgan fingerprint density at radius 2 is 1.89 bits per heavy atom. The van der Waals surface area contributed by atoms with Gasteiger partial charge in [0.05, 0.1) is 6.61 Å². The van der Waals surface area contributed by atoms with Gasteiger partial charge in [0.1, 0.15) is 0 Å². The highest BCUT2D eigenvalue weighted by molar-refractivity contribution is 6.50. The SMILES string of the molecule is O=C1C=C([C@H]2CCCOC2)c2ccccc2C1=O. The summed E-state index contributed by atoms with van der Waals surface area (Å²) < 4.78 is 5.48. The van der Waals surface area contributed by atoms with Crippen molar-refractivity contribution in [3.63, 3.8) is 0 Å². The summed E-state index contributed by atoms with van der Waals surface area (Å²) in [7, 11) is 0. The minimum absolute atomic E-state index is 0.233. The van der Waals surface area contributed by atoms with Gasteiger partial charge in [-0.05, 0) is 30.1 Å². The quantitative estimate of drug-likeness (QED) is 0.709. The van der Waals surface area contributed by atoms with Gasteiger partial charge in [-0.1, -0.05) is 24.3 Å². The molecule has 0 radical (unpaired) electrons. The molecule has 1 heterocycles. The second-order valence-corrected chi connectivity index (χ2v) is 4.75. The van der Waals surface area contributed by atoms with Gasteiger partial charge in [0.25, 0.3) is 0 Å². The molecule has 1 atom stereocenters. The summed E-state index contributed by atoms with van der Waals surface area (Å²) >= 11 is 0. The molecule has 0 aromatic heterocycles. The van der Waals surface area contributed by atoms with Gasteiger partial charge in [0.2, 0.25) is 11.6 Å². The standard InChI is InChI=1S/C15H14O3/c16-14-8-13(10-4-3-7-18-9-10)11-5-1-2-6-12(11)15(14)17/h1-2,5-6,8,10H,3-4,7,9H2/t10-/m0/s1. The highest BCUT2D eigenvalue weighted by Crippen LogP contribution is 2.34. The Bertz CT molecular complexity index is 536. The zero-order valence-electron chi connectivity index (χ0n) is 10.0. The van der Waals surface area contributed by atoms with Gasteiger partial charge in [-0.25, -0.2) is 0 Å². The van der Waals surface area contributed by atoms with Crippen LogP contribution in [0.15, 0.2) is 30.3 Å². The lowest BCUT2D eigenvalue weighted by molar-refractivity contribution is -0.111. The van der Waals surface area contributed by atoms with Crippen molar-refractivity contribution in [1.82, 2.24) is 0 Å². The third-order valence-electron chi connectivity index (χ3n) is 3.59. The molecular weight excluding hydrogens is 228 g/mol. The molecule has 1 saturated heterocycles. The van der Waals surface area contributed by atoms with Crippen molar-refractivity contribution in [3.8, 4) is 0 Å². The highest BCUT2D eigenvalue weighted by atomic mass is 16.5. The number of hydrogen-bond donors (Lipinski definition) is 0. The number of fused-ring (bicyclic) bond motifs is 1. The topological polar surface area (TPSA) is 43.4 Å². The van der Waals surface area contributed by atoms with Crippen LogP contribution in [-0.2, 0) is 9.53 Å². The molecule has 1 fully saturated rings. The number of allylic oxidation sites excluding steroid dienone is 1. The van der Waals surface area contributed by atoms with E-state index in [1.807, 2.05) is 12.1 Å². The zero-order chi connectivity index (χ0) is 12.5. The second-order valence-electron chi connectivity index (χ2n) is 4.75. The largest absolute Gasteiger partial charge is 0.381 e. The average molecular weight is 242 g/mol. The summed E-state index contributed by atoms with van der Waals surface area (Å²) in [4.78, 5) is 23.6. The van der Waals surface area contributed by atoms with Crippen LogP contribution in [0.1, 0.15) is 28.8 Å². The molecule has 0 unspecified atom stereocenters. The summed E-state index contributed by atoms with van der Waals surface area (Å²) in [5, 5.41) is 0. The summed E-state index contributed by atoms with van der Waals surface area (Å²) in [5.41, 5.74) is 2.40. The molecular formula is C15H14O3. The molecule has 0 amide bonds. The maximum absolute atomic E-state index is 11.8. The molecule has 18 heavy (non-hydrogen) atoms. The number of hydrogen-bond acceptors (Lipinski definition) is 3. The monoisotopic (exact) mass is 242 g/mol. The van der Waals surface area contributed by atoms with E-state index in [4.69, 9.17) is 4.74 Å². The van der Waals surface area contributed by atoms with E-state index < -0.39 is 11.6 Å². The van der Waals surface area contributed by atoms with Gasteiger partial charge in [0, 0.05) is 18.1 Å². The predicted molar refractivity (Wildman–Crippen MR) is 67.3 cm³/mol. The van der Waals surface area contributed by atoms with Crippen LogP contribution >= 0.6 is 0 Å². The first kappa shape index (κ1) is 11.4. The van der Waals surface area contributed by atoms with E-state index in [-0.39, 0.29) is 5.92 Å². The smallest absolute Gasteiger partial charge is 0.233 e. The van der Waals surface area contributed by atoms with Crippen LogP contribution < -0.4 is 0 Å². The summed E-state index contributed by atoms with van der Waals surface area (Å²) in [6, 6.07) is 7.34. The van der Waals surface area contributed by atoms with Gasteiger partial charge in [-0.3, -0.25) is 9.59 Å². The molecule has 0 bridgehead atoms. The summed E-state index contributed by atoms with van der Waals surface area (Å²) in [6.07, 6.45) is 3.53. The van der Waals surface area contributed by atoms with E-state index in [1.165, 1.54) is 6.08 Å². The van der Waals surface area contributed by atoms with Crippen LogP contribution in [0.3, 0.4) is 0 Å². The molecule has 1 aromatic carbocycles. The van der Waals surface area contributed by atoms with Crippen LogP contribution in [0.25, 0.3) is 5.57 Å². The van der Waals surface area contributed by atoms with Crippen molar-refractivity contribution >= 4 is 17.1 Å². The van der Waals surface area contributed by atoms with E-state index in [0.717, 1.165) is 30.6 Å². The zero-order valence-corrected chi connectivity index (χ0v) is 10.0. The van der Waals surface area contributed by atoms with Crippen LogP contribution in [0.4, 0.5) is 0 Å². The Kier molecular flexibility index (Phi) is 2.84. The third kappa shape index (κ3) is 1.81. The molecule has 2 aliphatic rings. The van der Waals surface area contributed by atoms with E-state index in [1.54, 1.807) is 12.1 Å². The van der Waals surface area contributed by atoms with Gasteiger partial charge in [-0.2, -0.15) is 0 Å². The molecule has 1 aliphatic carbocycles. The van der Waals surface area contributed by atoms with Crippen LogP contribution in [-0.4, -0.2) is 24.8 Å². The maximum atomic E-state index is 11.8. The molecule has 0 saturated carbocycles. The number of benzene rings is 1. The molecule has 0 N–H and O–H groups in total. The van der Waals surface area contributed by atoms with Crippen molar-refractivity contribution in [1.29, 1.82) is 0 Å². The van der Waals surface area contributed by atoms with Crippen molar-refractivity contribution in [2.75, 3.05) is 13.2 Å². The first-order chi connectivity index (χ1) is 8.77. The Labute approximate surface area is 105 Å². The average Bonchev–Trinajstić information content (AvgIpc) is 2.44. The van der Waals surface area contributed by atoms with Crippen molar-refractivity contribution < 1.29 is 14.3 Å². The van der Waals surface area contributed by atoms with Gasteiger partial charge in [0.15, 0.2) is 0 Å². The van der Waals surface area contributed by atoms with Crippen molar-refractivity contribution in [2.45, 2.75) is 12.8 Å². The third-order valence-corrected chi connectivity index (χ3v) is 3.59. The van der Waals surface area contributed by atoms with Crippen molar-refractivity contribution in [2.24, 2.45) is 5.92 Å². The number of Topliss-reactive ketones (excluding diaryl/α,β-unsaturated/α-hetero) is 1. The van der Waals surface area contributed by atoms with Crippen LogP contribution in [0.5, 0.6) is 0 Å². The second kappa shape index (κ2) is 4.50. The van der Waals surface area contributed by atoms with E-state index in [0.29, 0.717) is 12.2 Å². The predicted octanol–water partition coefficient (Wildman–Crippen LogP) is 2.26. The van der Waals surface area contributed by atoms with Gasteiger partial charge in [-0.15, -0.1) is 0 Å². The fourth-order valence-electron chi connectivity index (χ4n) is 2.67. The molecule has 1 aliphatic heterocycles. The first-order valence-electron chi connectivity index (χ1n) is 6.25. The normalized spacial score (nSPS) is 23.6. The summed E-state index contributed by atoms with van der Waals surface area (Å²) in [5.74, 6) is -0.572. The molecule has 3 heteroatoms. The Morgan fingerprint density at radius 1 is 1.11 bits per heavy atom. The van der Waals surface area contributed by atoms with E-state index in [9.17, 15) is 9.59 Å². The minimum Gasteiger partial charge on any atom is -0.381 e. The number of carbonyl (C=O) groups is 2. The molecule has 92 valence electrons. The molecule has 3 nitrogen and oxygen atoms in total. The van der Waals surface area contributed by atoms with E-state index in [2.05, 4.69) is 0 Å². The number of carbonyl (C=O) groups excluding carboxylic acids is 2. The minimum atomic E-state index is -0.408. The lowest BCUT2D eigenvalue weighted by atomic mass is 9.81. The molecule has 1 aromatic rings. The Balaban J connectivity index is 2.05. The van der Waals surface area contributed by atoms with E-state index >= 15 is 0 Å². The molecule has 3 rings (SSSR count). The first-order valence-corrected chi connectivity index (χ1v) is 6.25. The Morgan fingerprint density at radius 3 is 2.61 bits per heavy atom. The number of ketones is 2. The highest BCUT2D eigenvalue weighted by Gasteiger charge is 2.30. The van der Waals surface area contributed by atoms with Gasteiger partial charge < -0.3 is 4.74 Å². The van der Waals surface area contributed by atoms with Crippen LogP contribution in [0, 0.1) is 5.92 Å². The summed E-state index contributed by atoms with van der Waals surface area (Å²) in [6.45, 7) is 1.43. The number of rotatable bonds is 1. The number of ether oxygens (including phenoxy) is 1. The van der Waals surface area contributed by atoms with Crippen molar-refractivity contribution in [3.05, 3.63) is 41.5 Å². The fourth-order valence-corrected chi connectivity index (χ4v) is 2.67. The lowest BCUT2D eigenvalue weighted by Crippen LogP contribution is -2.25. The molecule has 0 spiro atoms.